The van der Waals surface area contributed by atoms with Gasteiger partial charge in [0, 0.05) is 5.92 Å². The van der Waals surface area contributed by atoms with Gasteiger partial charge >= 0.3 is 0 Å². The van der Waals surface area contributed by atoms with Crippen LogP contribution in [0, 0.1) is 11.8 Å². The van der Waals surface area contributed by atoms with Crippen LogP contribution < -0.4 is 0 Å². The van der Waals surface area contributed by atoms with E-state index in [0.29, 0.717) is 5.92 Å². The third-order valence-corrected chi connectivity index (χ3v) is 8.75. The van der Waals surface area contributed by atoms with Gasteiger partial charge < -0.3 is 0 Å². The predicted molar refractivity (Wildman–Crippen MR) is 136 cm³/mol. The largest absolute Gasteiger partial charge is 0.285 e. The van der Waals surface area contributed by atoms with Crippen LogP contribution in [0.4, 0.5) is 8.78 Å². The second kappa shape index (κ2) is 13.6. The lowest BCUT2D eigenvalue weighted by Crippen LogP contribution is -2.36. The lowest BCUT2D eigenvalue weighted by molar-refractivity contribution is 0.231. The first-order valence-electron chi connectivity index (χ1n) is 13.0. The fourth-order valence-electron chi connectivity index (χ4n) is 5.60. The van der Waals surface area contributed by atoms with Crippen molar-refractivity contribution in [3.63, 3.8) is 0 Å². The Bertz CT molecular complexity index is 674. The molecule has 0 heterocycles. The highest BCUT2D eigenvalue weighted by molar-refractivity contribution is 8.01. The number of hydrogen-bond donors (Lipinski definition) is 0. The molecule has 1 fully saturated rings. The van der Waals surface area contributed by atoms with Gasteiger partial charge in [0.1, 0.15) is 0 Å². The molecular weight excluding hydrogens is 418 g/mol. The van der Waals surface area contributed by atoms with Gasteiger partial charge in [-0.05, 0) is 30.2 Å². The van der Waals surface area contributed by atoms with Crippen molar-refractivity contribution in [1.82, 2.24) is 0 Å². The maximum absolute atomic E-state index is 13.5. The van der Waals surface area contributed by atoms with E-state index in [1.165, 1.54) is 76.2 Å². The molecular formula is C29H42F2S. The molecule has 0 amide bonds. The average molecular weight is 461 g/mol. The van der Waals surface area contributed by atoms with Gasteiger partial charge in [0.05, 0.1) is 4.75 Å². The summed E-state index contributed by atoms with van der Waals surface area (Å²) in [6, 6.07) is 10.3. The van der Waals surface area contributed by atoms with Gasteiger partial charge in [-0.25, -0.2) is 0 Å². The smallest absolute Gasteiger partial charge is 0.198 e. The van der Waals surface area contributed by atoms with E-state index in [1.54, 1.807) is 0 Å². The summed E-state index contributed by atoms with van der Waals surface area (Å²) in [5.74, 6) is -1.03. The molecule has 1 saturated carbocycles. The Balaban J connectivity index is 1.45. The van der Waals surface area contributed by atoms with E-state index in [-0.39, 0.29) is 5.92 Å². The molecule has 0 nitrogen and oxygen atoms in total. The van der Waals surface area contributed by atoms with Crippen LogP contribution in [0.1, 0.15) is 102 Å². The van der Waals surface area contributed by atoms with Crippen molar-refractivity contribution in [2.24, 2.45) is 11.8 Å². The number of halogens is 2. The highest BCUT2D eigenvalue weighted by Gasteiger charge is 2.41. The zero-order valence-corrected chi connectivity index (χ0v) is 20.7. The summed E-state index contributed by atoms with van der Waals surface area (Å²) >= 11 is 0.853. The van der Waals surface area contributed by atoms with Gasteiger partial charge in [0.15, 0.2) is 0 Å². The molecule has 0 N–H and O–H groups in total. The van der Waals surface area contributed by atoms with Crippen LogP contribution >= 0.6 is 11.8 Å². The number of benzene rings is 1. The lowest BCUT2D eigenvalue weighted by Gasteiger charge is -2.41. The van der Waals surface area contributed by atoms with Gasteiger partial charge in [0.2, 0.25) is 0 Å². The molecule has 1 aromatic carbocycles. The van der Waals surface area contributed by atoms with Crippen LogP contribution in [0.5, 0.6) is 0 Å². The van der Waals surface area contributed by atoms with Gasteiger partial charge in [-0.1, -0.05) is 144 Å². The molecule has 2 aliphatic rings. The van der Waals surface area contributed by atoms with Crippen LogP contribution in [-0.2, 0) is 0 Å². The normalized spacial score (nSPS) is 27.8. The van der Waals surface area contributed by atoms with Gasteiger partial charge in [-0.3, -0.25) is 0 Å². The molecule has 3 rings (SSSR count). The first kappa shape index (κ1) is 25.5. The molecule has 32 heavy (non-hydrogen) atoms. The van der Waals surface area contributed by atoms with Crippen molar-refractivity contribution in [2.45, 2.75) is 107 Å². The van der Waals surface area contributed by atoms with Crippen molar-refractivity contribution in [2.75, 3.05) is 0 Å². The predicted octanol–water partition coefficient (Wildman–Crippen LogP) is 9.93. The minimum absolute atomic E-state index is 0.195. The molecule has 0 bridgehead atoms. The Morgan fingerprint density at radius 3 is 2.03 bits per heavy atom. The third kappa shape index (κ3) is 7.75. The SMILES string of the molecule is CCCCCCCCCC[C@H]1CC[C@H](C2(SC(F)F)C=CC(c3ccccc3)C=C2)CC1. The monoisotopic (exact) mass is 460 g/mol. The topological polar surface area (TPSA) is 0 Å². The number of thioether (sulfide) groups is 1. The number of allylic oxidation sites excluding steroid dienone is 2. The number of unbranched alkanes of at least 4 members (excludes halogenated alkanes) is 7. The van der Waals surface area contributed by atoms with E-state index in [2.05, 4.69) is 43.4 Å². The number of rotatable bonds is 13. The number of hydrogen-bond acceptors (Lipinski definition) is 1. The highest BCUT2D eigenvalue weighted by atomic mass is 32.2. The highest BCUT2D eigenvalue weighted by Crippen LogP contribution is 2.49. The summed E-state index contributed by atoms with van der Waals surface area (Å²) in [6.07, 6.45) is 25.4. The molecule has 0 unspecified atom stereocenters. The van der Waals surface area contributed by atoms with Gasteiger partial charge in [-0.15, -0.1) is 0 Å². The minimum Gasteiger partial charge on any atom is -0.198 e. The molecule has 0 atom stereocenters. The van der Waals surface area contributed by atoms with Crippen LogP contribution in [0.15, 0.2) is 54.6 Å². The van der Waals surface area contributed by atoms with E-state index in [4.69, 9.17) is 0 Å². The van der Waals surface area contributed by atoms with Crippen molar-refractivity contribution in [3.05, 3.63) is 60.2 Å². The summed E-state index contributed by atoms with van der Waals surface area (Å²) in [5.41, 5.74) is 1.23. The van der Waals surface area contributed by atoms with Gasteiger partial charge in [0.25, 0.3) is 5.76 Å². The Labute approximate surface area is 199 Å². The Morgan fingerprint density at radius 2 is 1.44 bits per heavy atom. The number of alkyl halides is 2. The quantitative estimate of drug-likeness (QED) is 0.208. The molecule has 178 valence electrons. The fraction of sp³-hybridized carbons (Fsp3) is 0.655. The van der Waals surface area contributed by atoms with Crippen molar-refractivity contribution < 1.29 is 8.78 Å². The lowest BCUT2D eigenvalue weighted by atomic mass is 9.72. The molecule has 1 aromatic rings. The average Bonchev–Trinajstić information content (AvgIpc) is 2.82. The van der Waals surface area contributed by atoms with Crippen molar-refractivity contribution >= 4 is 11.8 Å². The van der Waals surface area contributed by atoms with Crippen LogP contribution in [-0.4, -0.2) is 10.5 Å². The van der Waals surface area contributed by atoms with Crippen molar-refractivity contribution in [3.8, 4) is 0 Å². The molecule has 0 radical (unpaired) electrons. The first-order valence-corrected chi connectivity index (χ1v) is 13.9. The Kier molecular flexibility index (Phi) is 10.8. The summed E-state index contributed by atoms with van der Waals surface area (Å²) in [4.78, 5) is 0. The molecule has 0 aromatic heterocycles. The standard InChI is InChI=1S/C29H42F2S/c1-2-3-4-5-6-7-8-10-13-24-16-18-27(19-17-24)29(32-28(30)31)22-20-26(21-23-29)25-14-11-9-12-15-25/h9,11-12,14-15,20-24,26-28H,2-8,10,13,16-19H2,1H3/t24-,26?,27-,29?. The molecule has 0 aliphatic heterocycles. The fourth-order valence-corrected chi connectivity index (χ4v) is 6.65. The zero-order chi connectivity index (χ0) is 22.7. The summed E-state index contributed by atoms with van der Waals surface area (Å²) in [6.45, 7) is 2.27. The second-order valence-electron chi connectivity index (χ2n) is 9.87. The van der Waals surface area contributed by atoms with E-state index in [0.717, 1.165) is 30.5 Å². The summed E-state index contributed by atoms with van der Waals surface area (Å²) in [5, 5.41) is 0. The summed E-state index contributed by atoms with van der Waals surface area (Å²) < 4.78 is 26.6. The third-order valence-electron chi connectivity index (χ3n) is 7.56. The van der Waals surface area contributed by atoms with E-state index in [1.807, 2.05) is 18.2 Å². The zero-order valence-electron chi connectivity index (χ0n) is 19.9. The minimum atomic E-state index is -2.34. The molecule has 2 aliphatic carbocycles. The van der Waals surface area contributed by atoms with Gasteiger partial charge in [-0.2, -0.15) is 8.78 Å². The van der Waals surface area contributed by atoms with Crippen LogP contribution in [0.2, 0.25) is 0 Å². The van der Waals surface area contributed by atoms with E-state index < -0.39 is 10.5 Å². The maximum atomic E-state index is 13.5. The molecule has 3 heteroatoms. The van der Waals surface area contributed by atoms with E-state index >= 15 is 0 Å². The molecule has 0 spiro atoms. The maximum Gasteiger partial charge on any atom is 0.285 e. The van der Waals surface area contributed by atoms with Crippen LogP contribution in [0.25, 0.3) is 0 Å². The van der Waals surface area contributed by atoms with Crippen molar-refractivity contribution in [1.29, 1.82) is 0 Å². The first-order chi connectivity index (χ1) is 15.6. The van der Waals surface area contributed by atoms with Crippen LogP contribution in [0.3, 0.4) is 0 Å². The summed E-state index contributed by atoms with van der Waals surface area (Å²) in [7, 11) is 0. The molecule has 0 saturated heterocycles. The Morgan fingerprint density at radius 1 is 0.844 bits per heavy atom. The van der Waals surface area contributed by atoms with E-state index in [9.17, 15) is 8.78 Å². The Hall–Kier alpha value is -1.09. The second-order valence-corrected chi connectivity index (χ2v) is 11.2.